The van der Waals surface area contributed by atoms with Gasteiger partial charge in [0.15, 0.2) is 0 Å². The molecule has 0 fully saturated rings. The first kappa shape index (κ1) is 103. The van der Waals surface area contributed by atoms with Crippen LogP contribution in [-0.4, -0.2) is 40.8 Å². The summed E-state index contributed by atoms with van der Waals surface area (Å²) in [5, 5.41) is 52.6. The molecule has 8 aromatic heterocycles. The summed E-state index contributed by atoms with van der Waals surface area (Å²) in [6.07, 6.45) is -23.3. The Morgan fingerprint density at radius 2 is 0.479 bits per heavy atom. The van der Waals surface area contributed by atoms with Gasteiger partial charge in [-0.3, -0.25) is 0 Å². The van der Waals surface area contributed by atoms with Gasteiger partial charge in [-0.25, -0.2) is 45.3 Å². The largest absolute Gasteiger partial charge is 0.417 e. The molecular weight excluding hydrogens is 2650 g/mol. The second-order valence-electron chi connectivity index (χ2n) is 33.5. The van der Waals surface area contributed by atoms with Crippen molar-refractivity contribution in [2.45, 2.75) is 58.6 Å². The third-order valence-electron chi connectivity index (χ3n) is 24.5. The van der Waals surface area contributed by atoms with Crippen LogP contribution in [0.3, 0.4) is 0 Å². The summed E-state index contributed by atoms with van der Waals surface area (Å²) in [6.45, 7) is 6.27. The molecule has 0 aliphatic carbocycles. The molecule has 0 aliphatic rings. The molecule has 144 heavy (non-hydrogen) atoms. The van der Waals surface area contributed by atoms with Crippen molar-refractivity contribution in [3.63, 3.8) is 0 Å². The van der Waals surface area contributed by atoms with Gasteiger partial charge in [-0.2, -0.15) is 107 Å². The fourth-order valence-electron chi connectivity index (χ4n) is 17.7. The zero-order valence-electron chi connectivity index (χ0n) is 74.7. The molecule has 8 nitrogen and oxygen atoms in total. The summed E-state index contributed by atoms with van der Waals surface area (Å²) in [6, 6.07) is 104. The molecule has 24 aromatic rings. The van der Waals surface area contributed by atoms with Crippen LogP contribution in [0.5, 0.6) is 0 Å². The standard InChI is InChI=1S/C29H15F6N2S.3C28H16F3N2S.4Ir/c1-15-10-21(23(29(33,34)35)14-22(15)28(30,31)32)26-19-11-16-6-2-3-7-17(16)12-20(19)27(37-36-26)25-13-18-8-4-5-9-24(18)38-25;1-16-7-6-11-22(28(29,30)31)25(16)27-21-14-18-9-3-2-8-17(18)13-20(21)26(32-33-27)24-15-19-10-4-5-12-23(19)34-24;1-16-12-20(28(29,30)31)10-11-21(16)26-22-13-17-6-2-3-7-18(17)14-23(22)27(33-32-26)25-15-19-8-4-5-9-24(19)34-25;1-16-10-11-20(28(29,30)31)15-21(16)26-22-12-17-6-2-3-7-18(17)13-23(22)27(33-32-26)25-14-19-8-4-5-9-24(19)34-25;;;;/h2-12,14H,1H3;2*2-14H,1H3;2-13,15H,1H3;;;;/q4*-1;;;;. The Hall–Kier alpha value is -12.7. The summed E-state index contributed by atoms with van der Waals surface area (Å²) in [7, 11) is 0. The van der Waals surface area contributed by atoms with Gasteiger partial charge in [0.1, 0.15) is 0 Å². The van der Waals surface area contributed by atoms with Crippen LogP contribution in [0.1, 0.15) is 50.1 Å². The number of fused-ring (bicyclic) bond motifs is 12. The molecule has 24 rings (SSSR count). The first-order valence-corrected chi connectivity index (χ1v) is 46.7. The van der Waals surface area contributed by atoms with Crippen molar-refractivity contribution in [1.82, 2.24) is 40.8 Å². The van der Waals surface area contributed by atoms with Crippen LogP contribution in [0.4, 0.5) is 65.9 Å². The second-order valence-corrected chi connectivity index (χ2v) is 37.7. The fourth-order valence-corrected chi connectivity index (χ4v) is 21.7. The Labute approximate surface area is 880 Å². The minimum absolute atomic E-state index is 0. The molecule has 0 saturated carbocycles. The number of thiophene rings is 4. The average Bonchev–Trinajstić information content (AvgIpc) is 1.16. The van der Waals surface area contributed by atoms with E-state index in [9.17, 15) is 65.9 Å². The van der Waals surface area contributed by atoms with E-state index in [0.29, 0.717) is 77.3 Å². The molecule has 0 unspecified atom stereocenters. The number of aromatic nitrogens is 8. The number of aryl methyl sites for hydroxylation is 4. The minimum atomic E-state index is -5.05. The Bertz CT molecular complexity index is 9000. The molecule has 0 saturated heterocycles. The SMILES string of the molecule is Cc1cc(-c2nnc(-c3[c-]c4ccccc4s3)c3cc4ccccc4cc23)c(C(F)(F)F)cc1C(F)(F)F.Cc1cc(C(F)(F)F)ccc1-c1nnc(-c2[c-]c3ccccc3s2)c2cc3ccccc3cc12.Cc1ccc(C(F)(F)F)cc1-c1nnc(-c2[c-]c3ccccc3s2)c2cc3ccccc3cc12.Cc1cccc(C(F)(F)F)c1-c1nnc(-c2[c-]c3ccccc3s2)c2cc3ccccc3cc12.[Ir].[Ir].[Ir].[Ir]. The maximum Gasteiger partial charge on any atom is 0.417 e. The average molecular weight is 2710 g/mol. The molecule has 8 heterocycles. The van der Waals surface area contributed by atoms with Gasteiger partial charge in [0.25, 0.3) is 0 Å². The molecule has 0 spiro atoms. The topological polar surface area (TPSA) is 103 Å². The van der Waals surface area contributed by atoms with E-state index in [1.807, 2.05) is 224 Å². The predicted octanol–water partition coefficient (Wildman–Crippen LogP) is 34.8. The van der Waals surface area contributed by atoms with E-state index in [0.717, 1.165) is 168 Å². The molecule has 31 heteroatoms. The smallest absolute Gasteiger partial charge is 0.206 e. The Morgan fingerprint density at radius 1 is 0.201 bits per heavy atom. The van der Waals surface area contributed by atoms with Gasteiger partial charge in [-0.1, -0.05) is 194 Å². The maximum absolute atomic E-state index is 14.1. The van der Waals surface area contributed by atoms with Crippen LogP contribution in [0.25, 0.3) is 214 Å². The molecule has 0 N–H and O–H groups in total. The van der Waals surface area contributed by atoms with E-state index >= 15 is 0 Å². The summed E-state index contributed by atoms with van der Waals surface area (Å²) in [4.78, 5) is 3.19. The van der Waals surface area contributed by atoms with E-state index in [4.69, 9.17) is 0 Å². The van der Waals surface area contributed by atoms with Crippen molar-refractivity contribution in [3.8, 4) is 87.3 Å². The number of benzene rings is 16. The van der Waals surface area contributed by atoms with Gasteiger partial charge < -0.3 is 0 Å². The summed E-state index contributed by atoms with van der Waals surface area (Å²) in [5.41, 5.74) is 0.743. The molecule has 0 atom stereocenters. The third-order valence-corrected chi connectivity index (χ3v) is 28.8. The van der Waals surface area contributed by atoms with Crippen molar-refractivity contribution >= 4 is 172 Å². The van der Waals surface area contributed by atoms with Crippen LogP contribution in [0, 0.1) is 52.0 Å². The predicted molar refractivity (Wildman–Crippen MR) is 532 cm³/mol. The number of halogens is 15. The Morgan fingerprint density at radius 3 is 0.799 bits per heavy atom. The Balaban J connectivity index is 0.000000131. The van der Waals surface area contributed by atoms with E-state index in [-0.39, 0.29) is 109 Å². The van der Waals surface area contributed by atoms with Crippen molar-refractivity contribution < 1.29 is 146 Å². The molecule has 0 amide bonds. The van der Waals surface area contributed by atoms with Gasteiger partial charge in [-0.05, 0) is 220 Å². The quantitative estimate of drug-likeness (QED) is 0.0842. The van der Waals surface area contributed by atoms with Crippen LogP contribution >= 0.6 is 45.3 Å². The van der Waals surface area contributed by atoms with E-state index < -0.39 is 64.3 Å². The van der Waals surface area contributed by atoms with Gasteiger partial charge >= 0.3 is 30.9 Å². The molecule has 724 valence electrons. The summed E-state index contributed by atoms with van der Waals surface area (Å²) >= 11 is 6.14. The minimum Gasteiger partial charge on any atom is -0.206 e. The number of hydrogen-bond acceptors (Lipinski definition) is 12. The van der Waals surface area contributed by atoms with Crippen molar-refractivity contribution in [3.05, 3.63) is 384 Å². The first-order chi connectivity index (χ1) is 67.2. The van der Waals surface area contributed by atoms with Crippen molar-refractivity contribution in [2.75, 3.05) is 0 Å². The zero-order chi connectivity index (χ0) is 97.2. The van der Waals surface area contributed by atoms with Gasteiger partial charge in [-0.15, -0.1) is 94.3 Å². The summed E-state index contributed by atoms with van der Waals surface area (Å²) in [5.74, 6) is 0. The number of alkyl halides is 15. The molecule has 0 bridgehead atoms. The molecular formula is C113H63F15Ir4N8S4-4. The summed E-state index contributed by atoms with van der Waals surface area (Å²) < 4.78 is 209. The number of nitrogens with zero attached hydrogens (tertiary/aromatic N) is 8. The first-order valence-electron chi connectivity index (χ1n) is 43.4. The normalized spacial score (nSPS) is 11.9. The molecule has 0 aliphatic heterocycles. The van der Waals surface area contributed by atoms with E-state index in [1.165, 1.54) is 35.6 Å². The number of hydrogen-bond donors (Lipinski definition) is 0. The second kappa shape index (κ2) is 40.7. The van der Waals surface area contributed by atoms with Gasteiger partial charge in [0.2, 0.25) is 0 Å². The van der Waals surface area contributed by atoms with Crippen LogP contribution in [0.15, 0.2) is 309 Å². The van der Waals surface area contributed by atoms with Gasteiger partial charge in [0.05, 0.1) is 50.6 Å². The van der Waals surface area contributed by atoms with Crippen molar-refractivity contribution in [2.24, 2.45) is 0 Å². The van der Waals surface area contributed by atoms with E-state index in [2.05, 4.69) is 71.1 Å². The zero-order valence-corrected chi connectivity index (χ0v) is 87.5. The van der Waals surface area contributed by atoms with Crippen molar-refractivity contribution in [1.29, 1.82) is 0 Å². The fraction of sp³-hybridized carbons (Fsp3) is 0.0796. The molecule has 16 aromatic carbocycles. The van der Waals surface area contributed by atoms with Gasteiger partial charge in [0, 0.05) is 147 Å². The Kier molecular flexibility index (Phi) is 29.1. The van der Waals surface area contributed by atoms with Crippen LogP contribution < -0.4 is 0 Å². The maximum atomic E-state index is 14.1. The van der Waals surface area contributed by atoms with Crippen LogP contribution in [0.2, 0.25) is 0 Å². The molecule has 4 radical (unpaired) electrons. The third kappa shape index (κ3) is 20.1. The monoisotopic (exact) mass is 2720 g/mol. The number of rotatable bonds is 8. The van der Waals surface area contributed by atoms with Crippen LogP contribution in [-0.2, 0) is 111 Å². The van der Waals surface area contributed by atoms with E-state index in [1.54, 1.807) is 73.0 Å².